The molecule has 8 heteroatoms. The summed E-state index contributed by atoms with van der Waals surface area (Å²) in [5.74, 6) is -0.650. The number of hydrogen-bond donors (Lipinski definition) is 1. The summed E-state index contributed by atoms with van der Waals surface area (Å²) in [6, 6.07) is 10.8. The molecule has 0 amide bonds. The number of benzene rings is 2. The number of hydrogen-bond acceptors (Lipinski definition) is 5. The lowest BCUT2D eigenvalue weighted by molar-refractivity contribution is 0.0338. The van der Waals surface area contributed by atoms with Crippen molar-refractivity contribution in [2.45, 2.75) is 17.9 Å². The van der Waals surface area contributed by atoms with Gasteiger partial charge >= 0.3 is 5.97 Å². The topological polar surface area (TPSA) is 95.7 Å². The number of esters is 1. The lowest BCUT2D eigenvalue weighted by atomic mass is 10.1. The third-order valence-electron chi connectivity index (χ3n) is 3.33. The molecule has 0 saturated heterocycles. The number of ether oxygens (including phenoxy) is 2. The van der Waals surface area contributed by atoms with E-state index in [2.05, 4.69) is 0 Å². The molecule has 0 saturated carbocycles. The van der Waals surface area contributed by atoms with Crippen molar-refractivity contribution in [1.82, 2.24) is 0 Å². The molecule has 0 heterocycles. The molecule has 128 valence electrons. The van der Waals surface area contributed by atoms with Crippen LogP contribution in [0.25, 0.3) is 0 Å². The molecule has 0 aliphatic rings. The van der Waals surface area contributed by atoms with Gasteiger partial charge in [-0.3, -0.25) is 0 Å². The normalized spacial score (nSPS) is 12.5. The van der Waals surface area contributed by atoms with Gasteiger partial charge in [0.05, 0.1) is 12.7 Å². The number of methoxy groups -OCH3 is 1. The van der Waals surface area contributed by atoms with Crippen molar-refractivity contribution in [2.24, 2.45) is 5.14 Å². The maximum atomic E-state index is 12.3. The van der Waals surface area contributed by atoms with Crippen LogP contribution < -0.4 is 9.88 Å². The number of sulfonamides is 1. The minimum absolute atomic E-state index is 0.0405. The molecule has 0 aromatic heterocycles. The van der Waals surface area contributed by atoms with Gasteiger partial charge < -0.3 is 9.47 Å². The van der Waals surface area contributed by atoms with Crippen LogP contribution in [0, 0.1) is 0 Å². The molecular formula is C16H16ClNO5S. The van der Waals surface area contributed by atoms with E-state index in [4.69, 9.17) is 26.2 Å². The van der Waals surface area contributed by atoms with Crippen molar-refractivity contribution in [3.05, 3.63) is 58.6 Å². The van der Waals surface area contributed by atoms with Gasteiger partial charge in [-0.05, 0) is 31.2 Å². The van der Waals surface area contributed by atoms with Crippen molar-refractivity contribution in [3.8, 4) is 5.75 Å². The standard InChI is InChI=1S/C16H16ClNO5S/c1-10(12-5-3-4-6-13(12)17)23-16(19)11-7-8-14(22-2)15(9-11)24(18,20)21/h3-10H,1-2H3,(H2,18,20,21). The van der Waals surface area contributed by atoms with Crippen LogP contribution in [0.1, 0.15) is 28.9 Å². The van der Waals surface area contributed by atoms with E-state index in [-0.39, 0.29) is 16.2 Å². The third-order valence-corrected chi connectivity index (χ3v) is 4.61. The Kier molecular flexibility index (Phi) is 5.48. The van der Waals surface area contributed by atoms with Crippen LogP contribution >= 0.6 is 11.6 Å². The first-order valence-electron chi connectivity index (χ1n) is 6.90. The van der Waals surface area contributed by atoms with Gasteiger partial charge in [-0.2, -0.15) is 0 Å². The van der Waals surface area contributed by atoms with Gasteiger partial charge in [-0.15, -0.1) is 0 Å². The molecule has 6 nitrogen and oxygen atoms in total. The first-order valence-corrected chi connectivity index (χ1v) is 8.82. The molecule has 1 unspecified atom stereocenters. The summed E-state index contributed by atoms with van der Waals surface area (Å²) in [5, 5.41) is 5.61. The van der Waals surface area contributed by atoms with E-state index in [0.29, 0.717) is 10.6 Å². The largest absolute Gasteiger partial charge is 0.495 e. The summed E-state index contributed by atoms with van der Waals surface area (Å²) in [4.78, 5) is 12.0. The van der Waals surface area contributed by atoms with E-state index in [1.165, 1.54) is 19.2 Å². The van der Waals surface area contributed by atoms with Gasteiger partial charge in [0.1, 0.15) is 16.7 Å². The Labute approximate surface area is 145 Å². The fraction of sp³-hybridized carbons (Fsp3) is 0.188. The first-order chi connectivity index (χ1) is 11.2. The second-order valence-corrected chi connectivity index (χ2v) is 6.92. The number of nitrogens with two attached hydrogens (primary N) is 1. The summed E-state index contributed by atoms with van der Waals surface area (Å²) < 4.78 is 33.5. The molecule has 2 rings (SSSR count). The Morgan fingerprint density at radius 3 is 2.46 bits per heavy atom. The van der Waals surface area contributed by atoms with E-state index in [9.17, 15) is 13.2 Å². The zero-order valence-corrected chi connectivity index (χ0v) is 14.6. The Bertz CT molecular complexity index is 867. The molecule has 2 N–H and O–H groups in total. The fourth-order valence-electron chi connectivity index (χ4n) is 2.12. The van der Waals surface area contributed by atoms with Gasteiger partial charge in [0.2, 0.25) is 10.0 Å². The number of halogens is 1. The SMILES string of the molecule is COc1ccc(C(=O)OC(C)c2ccccc2Cl)cc1S(N)(=O)=O. The van der Waals surface area contributed by atoms with Crippen molar-refractivity contribution in [1.29, 1.82) is 0 Å². The molecule has 0 radical (unpaired) electrons. The predicted molar refractivity (Wildman–Crippen MR) is 89.6 cm³/mol. The lowest BCUT2D eigenvalue weighted by Gasteiger charge is -2.15. The van der Waals surface area contributed by atoms with Crippen LogP contribution in [-0.2, 0) is 14.8 Å². The van der Waals surface area contributed by atoms with Gasteiger partial charge in [-0.25, -0.2) is 18.4 Å². The summed E-state index contributed by atoms with van der Waals surface area (Å²) >= 11 is 6.07. The smallest absolute Gasteiger partial charge is 0.338 e. The maximum Gasteiger partial charge on any atom is 0.338 e. The van der Waals surface area contributed by atoms with Crippen molar-refractivity contribution in [3.63, 3.8) is 0 Å². The van der Waals surface area contributed by atoms with Crippen molar-refractivity contribution >= 4 is 27.6 Å². The summed E-state index contributed by atoms with van der Waals surface area (Å²) in [6.07, 6.45) is -0.605. The Morgan fingerprint density at radius 2 is 1.88 bits per heavy atom. The van der Waals surface area contributed by atoms with Gasteiger partial charge in [0.15, 0.2) is 0 Å². The van der Waals surface area contributed by atoms with Crippen LogP contribution in [0.15, 0.2) is 47.4 Å². The molecule has 2 aromatic rings. The molecule has 24 heavy (non-hydrogen) atoms. The molecule has 0 aliphatic heterocycles. The summed E-state index contributed by atoms with van der Waals surface area (Å²) in [7, 11) is -2.74. The highest BCUT2D eigenvalue weighted by atomic mass is 35.5. The number of rotatable bonds is 5. The summed E-state index contributed by atoms with van der Waals surface area (Å²) in [6.45, 7) is 1.67. The van der Waals surface area contributed by atoms with Crippen LogP contribution in [0.3, 0.4) is 0 Å². The molecule has 2 aromatic carbocycles. The van der Waals surface area contributed by atoms with E-state index in [0.717, 1.165) is 6.07 Å². The van der Waals surface area contributed by atoms with E-state index < -0.39 is 22.1 Å². The average molecular weight is 370 g/mol. The minimum atomic E-state index is -4.04. The quantitative estimate of drug-likeness (QED) is 0.817. The monoisotopic (exact) mass is 369 g/mol. The molecule has 0 aliphatic carbocycles. The van der Waals surface area contributed by atoms with Gasteiger partial charge in [0.25, 0.3) is 0 Å². The highest BCUT2D eigenvalue weighted by Gasteiger charge is 2.21. The van der Waals surface area contributed by atoms with Gasteiger partial charge in [-0.1, -0.05) is 29.8 Å². The van der Waals surface area contributed by atoms with E-state index >= 15 is 0 Å². The number of carbonyl (C=O) groups is 1. The van der Waals surface area contributed by atoms with Crippen LogP contribution in [-0.4, -0.2) is 21.5 Å². The van der Waals surface area contributed by atoms with E-state index in [1.807, 2.05) is 0 Å². The zero-order valence-electron chi connectivity index (χ0n) is 13.0. The Morgan fingerprint density at radius 1 is 1.21 bits per heavy atom. The Balaban J connectivity index is 2.29. The molecule has 0 fully saturated rings. The van der Waals surface area contributed by atoms with Crippen LogP contribution in [0.2, 0.25) is 5.02 Å². The van der Waals surface area contributed by atoms with Crippen molar-refractivity contribution in [2.75, 3.05) is 7.11 Å². The third kappa shape index (κ3) is 4.05. The maximum absolute atomic E-state index is 12.3. The number of carbonyl (C=O) groups excluding carboxylic acids is 1. The number of primary sulfonamides is 1. The second-order valence-electron chi connectivity index (χ2n) is 4.98. The molecule has 0 bridgehead atoms. The second kappa shape index (κ2) is 7.21. The zero-order chi connectivity index (χ0) is 17.9. The van der Waals surface area contributed by atoms with Crippen LogP contribution in [0.5, 0.6) is 5.75 Å². The summed E-state index contributed by atoms with van der Waals surface area (Å²) in [5.41, 5.74) is 0.687. The Hall–Kier alpha value is -2.09. The van der Waals surface area contributed by atoms with E-state index in [1.54, 1.807) is 31.2 Å². The average Bonchev–Trinajstić information content (AvgIpc) is 2.53. The molecule has 1 atom stereocenters. The van der Waals surface area contributed by atoms with Gasteiger partial charge in [0, 0.05) is 10.6 Å². The van der Waals surface area contributed by atoms with Crippen LogP contribution in [0.4, 0.5) is 0 Å². The highest BCUT2D eigenvalue weighted by molar-refractivity contribution is 7.89. The minimum Gasteiger partial charge on any atom is -0.495 e. The fourth-order valence-corrected chi connectivity index (χ4v) is 3.14. The highest BCUT2D eigenvalue weighted by Crippen LogP contribution is 2.28. The molecule has 0 spiro atoms. The molecular weight excluding hydrogens is 354 g/mol. The predicted octanol–water partition coefficient (Wildman–Crippen LogP) is 2.91. The first kappa shape index (κ1) is 18.3. The lowest BCUT2D eigenvalue weighted by Crippen LogP contribution is -2.15. The van der Waals surface area contributed by atoms with Crippen molar-refractivity contribution < 1.29 is 22.7 Å².